The Kier molecular flexibility index (Phi) is 4.93. The van der Waals surface area contributed by atoms with E-state index in [1.807, 2.05) is 6.07 Å². The molecule has 2 aromatic rings. The fourth-order valence-corrected chi connectivity index (χ4v) is 3.39. The van der Waals surface area contributed by atoms with Gasteiger partial charge in [0.2, 0.25) is 5.89 Å². The molecular formula is C15H19FN4O3S. The molecule has 1 atom stereocenters. The number of piperazine rings is 1. The number of nitrogens with one attached hydrogen (secondary N) is 1. The first-order valence-electron chi connectivity index (χ1n) is 7.60. The molecule has 130 valence electrons. The van der Waals surface area contributed by atoms with Crippen molar-refractivity contribution in [3.63, 3.8) is 0 Å². The Hall–Kier alpha value is -1.84. The Labute approximate surface area is 139 Å². The van der Waals surface area contributed by atoms with Crippen molar-refractivity contribution in [1.29, 1.82) is 0 Å². The third-order valence-electron chi connectivity index (χ3n) is 3.83. The summed E-state index contributed by atoms with van der Waals surface area (Å²) in [6.07, 6.45) is 1.12. The van der Waals surface area contributed by atoms with Gasteiger partial charge in [-0.25, -0.2) is 12.8 Å². The van der Waals surface area contributed by atoms with Crippen molar-refractivity contribution in [1.82, 2.24) is 20.4 Å². The molecule has 2 heterocycles. The summed E-state index contributed by atoms with van der Waals surface area (Å²) in [5.74, 6) is -0.00101. The van der Waals surface area contributed by atoms with Crippen LogP contribution in [0.5, 0.6) is 0 Å². The molecule has 0 aliphatic carbocycles. The van der Waals surface area contributed by atoms with Gasteiger partial charge < -0.3 is 9.84 Å². The van der Waals surface area contributed by atoms with E-state index in [9.17, 15) is 12.8 Å². The summed E-state index contributed by atoms with van der Waals surface area (Å²) in [6.45, 7) is 2.62. The quantitative estimate of drug-likeness (QED) is 0.853. The number of benzene rings is 1. The fraction of sp³-hybridized carbons (Fsp3) is 0.467. The number of halogens is 1. The molecule has 3 rings (SSSR count). The highest BCUT2D eigenvalue weighted by atomic mass is 32.2. The van der Waals surface area contributed by atoms with E-state index in [1.165, 1.54) is 12.1 Å². The van der Waals surface area contributed by atoms with Crippen LogP contribution in [-0.2, 0) is 22.1 Å². The van der Waals surface area contributed by atoms with Gasteiger partial charge in [0.15, 0.2) is 15.7 Å². The average molecular weight is 354 g/mol. The number of rotatable bonds is 5. The van der Waals surface area contributed by atoms with Crippen molar-refractivity contribution >= 4 is 9.84 Å². The fourth-order valence-electron chi connectivity index (χ4n) is 2.80. The molecule has 1 saturated heterocycles. The Balaban J connectivity index is 1.75. The van der Waals surface area contributed by atoms with Crippen LogP contribution in [0.25, 0.3) is 0 Å². The molecule has 1 aromatic heterocycles. The second-order valence-corrected chi connectivity index (χ2v) is 8.06. The molecule has 1 fully saturated rings. The van der Waals surface area contributed by atoms with Crippen LogP contribution in [-0.4, -0.2) is 49.3 Å². The predicted molar refractivity (Wildman–Crippen MR) is 85.3 cm³/mol. The van der Waals surface area contributed by atoms with Gasteiger partial charge in [-0.15, -0.1) is 0 Å². The standard InChI is InChI=1S/C15H19FN4O3S/c1-24(21,22)10-14-18-15(23-19-14)9-20-6-5-17-8-13(20)11-3-2-4-12(16)7-11/h2-4,7,13,17H,5-6,8-10H2,1H3. The molecule has 0 saturated carbocycles. The normalized spacial score (nSPS) is 19.5. The minimum Gasteiger partial charge on any atom is -0.338 e. The van der Waals surface area contributed by atoms with Crippen LogP contribution < -0.4 is 5.32 Å². The second kappa shape index (κ2) is 6.96. The van der Waals surface area contributed by atoms with E-state index in [1.54, 1.807) is 6.07 Å². The number of hydrogen-bond acceptors (Lipinski definition) is 7. The van der Waals surface area contributed by atoms with Crippen LogP contribution in [0.3, 0.4) is 0 Å². The summed E-state index contributed by atoms with van der Waals surface area (Å²) in [7, 11) is -3.21. The SMILES string of the molecule is CS(=O)(=O)Cc1noc(CN2CCNCC2c2cccc(F)c2)n1. The number of hydrogen-bond donors (Lipinski definition) is 1. The highest BCUT2D eigenvalue weighted by Gasteiger charge is 2.26. The lowest BCUT2D eigenvalue weighted by molar-refractivity contribution is 0.135. The van der Waals surface area contributed by atoms with E-state index in [2.05, 4.69) is 20.4 Å². The highest BCUT2D eigenvalue weighted by Crippen LogP contribution is 2.24. The molecule has 0 amide bonds. The molecule has 7 nitrogen and oxygen atoms in total. The average Bonchev–Trinajstić information content (AvgIpc) is 2.93. The van der Waals surface area contributed by atoms with E-state index in [-0.39, 0.29) is 23.4 Å². The van der Waals surface area contributed by atoms with Crippen molar-refractivity contribution in [3.8, 4) is 0 Å². The summed E-state index contributed by atoms with van der Waals surface area (Å²) < 4.78 is 41.2. The van der Waals surface area contributed by atoms with Crippen LogP contribution in [0.15, 0.2) is 28.8 Å². The highest BCUT2D eigenvalue weighted by molar-refractivity contribution is 7.89. The van der Waals surface area contributed by atoms with Crippen LogP contribution in [0, 0.1) is 5.82 Å². The molecular weight excluding hydrogens is 335 g/mol. The number of aromatic nitrogens is 2. The van der Waals surface area contributed by atoms with E-state index < -0.39 is 9.84 Å². The Bertz CT molecular complexity index is 809. The zero-order chi connectivity index (χ0) is 17.2. The molecule has 24 heavy (non-hydrogen) atoms. The van der Waals surface area contributed by atoms with Gasteiger partial charge in [-0.2, -0.15) is 4.98 Å². The van der Waals surface area contributed by atoms with Gasteiger partial charge in [0.05, 0.1) is 6.54 Å². The third-order valence-corrected chi connectivity index (χ3v) is 4.61. The van der Waals surface area contributed by atoms with Gasteiger partial charge in [-0.3, -0.25) is 4.90 Å². The van der Waals surface area contributed by atoms with E-state index in [0.29, 0.717) is 19.0 Å². The molecule has 0 radical (unpaired) electrons. The first kappa shape index (κ1) is 17.0. The summed E-state index contributed by atoms with van der Waals surface area (Å²) in [4.78, 5) is 6.26. The topological polar surface area (TPSA) is 88.3 Å². The van der Waals surface area contributed by atoms with Crippen molar-refractivity contribution in [2.24, 2.45) is 0 Å². The summed E-state index contributed by atoms with van der Waals surface area (Å²) in [5.41, 5.74) is 0.873. The summed E-state index contributed by atoms with van der Waals surface area (Å²) >= 11 is 0. The molecule has 1 aliphatic heterocycles. The molecule has 1 unspecified atom stereocenters. The van der Waals surface area contributed by atoms with Crippen LogP contribution in [0.2, 0.25) is 0 Å². The maximum Gasteiger partial charge on any atom is 0.240 e. The Morgan fingerprint density at radius 3 is 3.04 bits per heavy atom. The number of nitrogens with zero attached hydrogens (tertiary/aromatic N) is 3. The molecule has 1 N–H and O–H groups in total. The predicted octanol–water partition coefficient (Wildman–Crippen LogP) is 0.900. The van der Waals surface area contributed by atoms with Gasteiger partial charge in [0.25, 0.3) is 0 Å². The molecule has 1 aliphatic rings. The first-order valence-corrected chi connectivity index (χ1v) is 9.66. The van der Waals surface area contributed by atoms with E-state index >= 15 is 0 Å². The maximum absolute atomic E-state index is 13.5. The largest absolute Gasteiger partial charge is 0.338 e. The lowest BCUT2D eigenvalue weighted by Crippen LogP contribution is -2.45. The Morgan fingerprint density at radius 1 is 1.46 bits per heavy atom. The van der Waals surface area contributed by atoms with Gasteiger partial charge in [-0.05, 0) is 17.7 Å². The summed E-state index contributed by atoms with van der Waals surface area (Å²) in [6, 6.07) is 6.50. The minimum absolute atomic E-state index is 0.0142. The molecule has 0 spiro atoms. The van der Waals surface area contributed by atoms with E-state index in [4.69, 9.17) is 4.52 Å². The molecule has 1 aromatic carbocycles. The lowest BCUT2D eigenvalue weighted by atomic mass is 10.0. The van der Waals surface area contributed by atoms with Crippen molar-refractivity contribution < 1.29 is 17.3 Å². The first-order chi connectivity index (χ1) is 11.4. The molecule has 9 heteroatoms. The van der Waals surface area contributed by atoms with E-state index in [0.717, 1.165) is 24.9 Å². The zero-order valence-corrected chi connectivity index (χ0v) is 14.1. The van der Waals surface area contributed by atoms with Crippen molar-refractivity contribution in [3.05, 3.63) is 47.4 Å². The minimum atomic E-state index is -3.21. The van der Waals surface area contributed by atoms with Gasteiger partial charge in [-0.1, -0.05) is 17.3 Å². The second-order valence-electron chi connectivity index (χ2n) is 5.92. The Morgan fingerprint density at radius 2 is 2.29 bits per heavy atom. The van der Waals surface area contributed by atoms with Gasteiger partial charge >= 0.3 is 0 Å². The van der Waals surface area contributed by atoms with Gasteiger partial charge in [0, 0.05) is 31.9 Å². The summed E-state index contributed by atoms with van der Waals surface area (Å²) in [5, 5.41) is 7.01. The van der Waals surface area contributed by atoms with Crippen molar-refractivity contribution in [2.45, 2.75) is 18.3 Å². The third kappa shape index (κ3) is 4.37. The van der Waals surface area contributed by atoms with Crippen LogP contribution in [0.4, 0.5) is 4.39 Å². The van der Waals surface area contributed by atoms with Crippen LogP contribution >= 0.6 is 0 Å². The zero-order valence-electron chi connectivity index (χ0n) is 13.3. The molecule has 0 bridgehead atoms. The van der Waals surface area contributed by atoms with Crippen molar-refractivity contribution in [2.75, 3.05) is 25.9 Å². The van der Waals surface area contributed by atoms with Crippen LogP contribution in [0.1, 0.15) is 23.3 Å². The maximum atomic E-state index is 13.5. The number of sulfone groups is 1. The smallest absolute Gasteiger partial charge is 0.240 e. The monoisotopic (exact) mass is 354 g/mol. The lowest BCUT2D eigenvalue weighted by Gasteiger charge is -2.35. The van der Waals surface area contributed by atoms with Gasteiger partial charge in [0.1, 0.15) is 11.6 Å².